The molecule has 0 spiro atoms. The van der Waals surface area contributed by atoms with Gasteiger partial charge in [0, 0.05) is 31.0 Å². The second-order valence-corrected chi connectivity index (χ2v) is 9.16. The van der Waals surface area contributed by atoms with Crippen LogP contribution in [0.4, 0.5) is 10.8 Å². The summed E-state index contributed by atoms with van der Waals surface area (Å²) in [6.07, 6.45) is 3.14. The highest BCUT2D eigenvalue weighted by Crippen LogP contribution is 2.29. The fourth-order valence-electron chi connectivity index (χ4n) is 3.55. The number of fused-ring (bicyclic) bond motifs is 1. The van der Waals surface area contributed by atoms with E-state index in [0.717, 1.165) is 22.6 Å². The number of nitro groups is 1. The molecule has 5 aromatic rings. The quantitative estimate of drug-likeness (QED) is 0.166. The number of methoxy groups -OCH3 is 1. The molecule has 0 aliphatic rings. The lowest BCUT2D eigenvalue weighted by atomic mass is 10.2. The maximum absolute atomic E-state index is 13.0. The van der Waals surface area contributed by atoms with Crippen molar-refractivity contribution < 1.29 is 19.2 Å². The third-order valence-corrected chi connectivity index (χ3v) is 6.50. The van der Waals surface area contributed by atoms with E-state index in [0.29, 0.717) is 41.5 Å². The number of aromatic nitrogens is 5. The molecule has 192 valence electrons. The number of hydrogen-bond acceptors (Lipinski definition) is 10. The van der Waals surface area contributed by atoms with Gasteiger partial charge in [0.2, 0.25) is 5.88 Å². The molecule has 0 aliphatic carbocycles. The van der Waals surface area contributed by atoms with Gasteiger partial charge < -0.3 is 14.8 Å². The second-order valence-electron chi connectivity index (χ2n) is 8.10. The molecule has 1 amide bonds. The molecule has 0 unspecified atom stereocenters. The fourth-order valence-corrected chi connectivity index (χ4v) is 4.27. The molecular formula is C25H21N7O5S. The van der Waals surface area contributed by atoms with E-state index in [4.69, 9.17) is 14.5 Å². The Hall–Kier alpha value is -4.75. The van der Waals surface area contributed by atoms with Gasteiger partial charge in [0.05, 0.1) is 33.7 Å². The molecule has 4 heterocycles. The molecule has 4 aromatic heterocycles. The molecule has 5 rings (SSSR count). The number of benzene rings is 1. The van der Waals surface area contributed by atoms with Gasteiger partial charge in [0.1, 0.15) is 12.4 Å². The van der Waals surface area contributed by atoms with Crippen LogP contribution in [0.25, 0.3) is 28.1 Å². The summed E-state index contributed by atoms with van der Waals surface area (Å²) in [6, 6.07) is 13.9. The van der Waals surface area contributed by atoms with Crippen LogP contribution in [0.15, 0.2) is 60.9 Å². The summed E-state index contributed by atoms with van der Waals surface area (Å²) in [5.74, 6) is 0.404. The second kappa shape index (κ2) is 10.7. The monoisotopic (exact) mass is 531 g/mol. The number of carbonyl (C=O) groups excluding carboxylic acids is 1. The largest absolute Gasteiger partial charge is 0.475 e. The van der Waals surface area contributed by atoms with Gasteiger partial charge in [-0.1, -0.05) is 29.0 Å². The van der Waals surface area contributed by atoms with Crippen molar-refractivity contribution in [2.45, 2.75) is 6.92 Å². The number of carbonyl (C=O) groups is 1. The molecule has 0 saturated heterocycles. The first kappa shape index (κ1) is 24.9. The van der Waals surface area contributed by atoms with Crippen LogP contribution in [0.3, 0.4) is 0 Å². The highest BCUT2D eigenvalue weighted by Gasteiger charge is 2.20. The number of nitrogens with one attached hydrogen (secondary N) is 1. The number of anilines is 1. The Labute approximate surface area is 220 Å². The number of pyridine rings is 1. The average molecular weight is 532 g/mol. The Morgan fingerprint density at radius 2 is 1.89 bits per heavy atom. The summed E-state index contributed by atoms with van der Waals surface area (Å²) in [6.45, 7) is 2.78. The normalized spacial score (nSPS) is 11.0. The van der Waals surface area contributed by atoms with Crippen LogP contribution in [0.2, 0.25) is 0 Å². The predicted molar refractivity (Wildman–Crippen MR) is 141 cm³/mol. The molecule has 0 bridgehead atoms. The van der Waals surface area contributed by atoms with Gasteiger partial charge in [-0.2, -0.15) is 5.10 Å². The van der Waals surface area contributed by atoms with Gasteiger partial charge in [-0.3, -0.25) is 14.9 Å². The van der Waals surface area contributed by atoms with Crippen LogP contribution in [0, 0.1) is 17.0 Å². The van der Waals surface area contributed by atoms with Crippen molar-refractivity contribution in [2.75, 3.05) is 25.6 Å². The third-order valence-electron chi connectivity index (χ3n) is 5.47. The number of nitrogens with zero attached hydrogens (tertiary/aromatic N) is 6. The Morgan fingerprint density at radius 3 is 2.58 bits per heavy atom. The van der Waals surface area contributed by atoms with Gasteiger partial charge in [0.25, 0.3) is 5.91 Å². The Morgan fingerprint density at radius 1 is 1.08 bits per heavy atom. The molecule has 13 heteroatoms. The first-order chi connectivity index (χ1) is 18.4. The zero-order valence-corrected chi connectivity index (χ0v) is 21.1. The summed E-state index contributed by atoms with van der Waals surface area (Å²) in [5, 5.41) is 18.7. The molecule has 0 fully saturated rings. The number of thiophene rings is 1. The zero-order chi connectivity index (χ0) is 26.6. The molecular weight excluding hydrogens is 510 g/mol. The Bertz CT molecular complexity index is 1610. The molecule has 12 nitrogen and oxygen atoms in total. The fraction of sp³-hybridized carbons (Fsp3) is 0.160. The smallest absolute Gasteiger partial charge is 0.324 e. The molecule has 0 atom stereocenters. The maximum atomic E-state index is 13.0. The van der Waals surface area contributed by atoms with Crippen LogP contribution in [0.5, 0.6) is 5.88 Å². The average Bonchev–Trinajstić information content (AvgIpc) is 3.58. The minimum absolute atomic E-state index is 0.130. The molecule has 0 aliphatic heterocycles. The van der Waals surface area contributed by atoms with Crippen LogP contribution in [-0.2, 0) is 4.74 Å². The number of aryl methyl sites for hydroxylation is 1. The van der Waals surface area contributed by atoms with Crippen LogP contribution in [0.1, 0.15) is 15.2 Å². The molecule has 0 radical (unpaired) electrons. The van der Waals surface area contributed by atoms with Crippen molar-refractivity contribution in [2.24, 2.45) is 0 Å². The van der Waals surface area contributed by atoms with Crippen molar-refractivity contribution in [3.8, 4) is 23.0 Å². The summed E-state index contributed by atoms with van der Waals surface area (Å²) in [4.78, 5) is 37.3. The van der Waals surface area contributed by atoms with Crippen LogP contribution in [-0.4, -0.2) is 55.9 Å². The Kier molecular flexibility index (Phi) is 7.02. The molecule has 0 saturated carbocycles. The van der Waals surface area contributed by atoms with Gasteiger partial charge >= 0.3 is 5.00 Å². The number of amides is 1. The van der Waals surface area contributed by atoms with E-state index in [1.165, 1.54) is 12.1 Å². The van der Waals surface area contributed by atoms with Crippen molar-refractivity contribution in [1.82, 2.24) is 24.7 Å². The molecule has 1 N–H and O–H groups in total. The summed E-state index contributed by atoms with van der Waals surface area (Å²) in [5.41, 5.74) is 2.93. The summed E-state index contributed by atoms with van der Waals surface area (Å²) >= 11 is 0.779. The zero-order valence-electron chi connectivity index (χ0n) is 20.3. The lowest BCUT2D eigenvalue weighted by Crippen LogP contribution is -2.13. The van der Waals surface area contributed by atoms with Gasteiger partial charge in [-0.05, 0) is 31.2 Å². The van der Waals surface area contributed by atoms with Crippen molar-refractivity contribution in [3.63, 3.8) is 0 Å². The van der Waals surface area contributed by atoms with E-state index >= 15 is 0 Å². The third kappa shape index (κ3) is 5.19. The molecule has 1 aromatic carbocycles. The minimum Gasteiger partial charge on any atom is -0.475 e. The first-order valence-corrected chi connectivity index (χ1v) is 12.2. The highest BCUT2D eigenvalue weighted by atomic mass is 32.1. The van der Waals surface area contributed by atoms with E-state index in [-0.39, 0.29) is 15.7 Å². The maximum Gasteiger partial charge on any atom is 0.324 e. The lowest BCUT2D eigenvalue weighted by Gasteiger charge is -2.10. The minimum atomic E-state index is -0.538. The van der Waals surface area contributed by atoms with E-state index in [9.17, 15) is 14.9 Å². The predicted octanol–water partition coefficient (Wildman–Crippen LogP) is 4.43. The van der Waals surface area contributed by atoms with Crippen molar-refractivity contribution in [1.29, 1.82) is 0 Å². The first-order valence-electron chi connectivity index (χ1n) is 11.4. The lowest BCUT2D eigenvalue weighted by molar-refractivity contribution is -0.380. The number of hydrogen-bond donors (Lipinski definition) is 1. The number of ether oxygens (including phenoxy) is 2. The van der Waals surface area contributed by atoms with E-state index < -0.39 is 10.8 Å². The summed E-state index contributed by atoms with van der Waals surface area (Å²) in [7, 11) is 1.59. The Balaban J connectivity index is 1.55. The van der Waals surface area contributed by atoms with Gasteiger partial charge in [-0.25, -0.2) is 19.6 Å². The highest BCUT2D eigenvalue weighted by molar-refractivity contribution is 7.17. The standard InChI is InChI=1S/C25H21N7O5S/c1-15-3-6-17(7-4-15)31-24-18(14-27-31)23(30-25(33)19-8-10-21(38-19)32(34)35)28-22(29-24)16-5-9-20(26-13-16)37-12-11-36-2/h3-10,13-14H,11-12H2,1-2H3,(H,28,29,30,33). The topological polar surface area (TPSA) is 147 Å². The number of rotatable bonds is 9. The SMILES string of the molecule is COCCOc1ccc(-c2nc(NC(=O)c3ccc([N+](=O)[O-])s3)c3cnn(-c4ccc(C)cc4)c3n2)cn1. The van der Waals surface area contributed by atoms with Crippen LogP contribution >= 0.6 is 11.3 Å². The van der Waals surface area contributed by atoms with E-state index in [1.54, 1.807) is 36.3 Å². The van der Waals surface area contributed by atoms with Gasteiger partial charge in [0.15, 0.2) is 11.5 Å². The van der Waals surface area contributed by atoms with Crippen molar-refractivity contribution >= 4 is 39.1 Å². The van der Waals surface area contributed by atoms with E-state index in [1.807, 2.05) is 31.2 Å². The summed E-state index contributed by atoms with van der Waals surface area (Å²) < 4.78 is 12.2. The van der Waals surface area contributed by atoms with Crippen LogP contribution < -0.4 is 10.1 Å². The van der Waals surface area contributed by atoms with E-state index in [2.05, 4.69) is 20.4 Å². The van der Waals surface area contributed by atoms with Gasteiger partial charge in [-0.15, -0.1) is 0 Å². The molecule has 38 heavy (non-hydrogen) atoms. The van der Waals surface area contributed by atoms with Crippen molar-refractivity contribution in [3.05, 3.63) is 81.5 Å².